The fourth-order valence-electron chi connectivity index (χ4n) is 5.89. The Hall–Kier alpha value is -3.54. The quantitative estimate of drug-likeness (QED) is 0.472. The van der Waals surface area contributed by atoms with Crippen molar-refractivity contribution in [3.63, 3.8) is 0 Å². The molecular weight excluding hydrogens is 526 g/mol. The van der Waals surface area contributed by atoms with E-state index in [4.69, 9.17) is 0 Å². The second kappa shape index (κ2) is 11.1. The van der Waals surface area contributed by atoms with Crippen LogP contribution in [0.25, 0.3) is 0 Å². The van der Waals surface area contributed by atoms with Crippen LogP contribution in [0.4, 0.5) is 0 Å². The molecule has 3 heterocycles. The molecule has 1 N–H and O–H groups in total. The van der Waals surface area contributed by atoms with Gasteiger partial charge in [-0.1, -0.05) is 41.6 Å². The van der Waals surface area contributed by atoms with Crippen molar-refractivity contribution in [1.29, 1.82) is 0 Å². The lowest BCUT2D eigenvalue weighted by Crippen LogP contribution is -2.50. The van der Waals surface area contributed by atoms with Crippen LogP contribution in [0.2, 0.25) is 0 Å². The van der Waals surface area contributed by atoms with E-state index in [1.54, 1.807) is 18.2 Å². The number of hydrogen-bond acceptors (Lipinski definition) is 7. The lowest BCUT2D eigenvalue weighted by atomic mass is 9.86. The maximum Gasteiger partial charge on any atom is 0.264 e. The Morgan fingerprint density at radius 1 is 1.05 bits per heavy atom. The maximum absolute atomic E-state index is 13.3. The predicted molar refractivity (Wildman–Crippen MR) is 151 cm³/mol. The molecule has 0 radical (unpaired) electrons. The molecule has 1 fully saturated rings. The first kappa shape index (κ1) is 26.7. The molecule has 2 aromatic carbocycles. The number of carbonyl (C=O) groups is 1. The van der Waals surface area contributed by atoms with E-state index in [2.05, 4.69) is 50.7 Å². The van der Waals surface area contributed by atoms with Crippen molar-refractivity contribution in [2.24, 2.45) is 0 Å². The number of aromatic nitrogens is 3. The van der Waals surface area contributed by atoms with Gasteiger partial charge in [0.2, 0.25) is 5.91 Å². The summed E-state index contributed by atoms with van der Waals surface area (Å²) in [6.07, 6.45) is 7.79. The molecule has 0 saturated carbocycles. The summed E-state index contributed by atoms with van der Waals surface area (Å²) >= 11 is 0. The van der Waals surface area contributed by atoms with Crippen molar-refractivity contribution in [2.45, 2.75) is 49.2 Å². The van der Waals surface area contributed by atoms with Crippen LogP contribution in [0.5, 0.6) is 0 Å². The van der Waals surface area contributed by atoms with E-state index in [-0.39, 0.29) is 17.4 Å². The third-order valence-corrected chi connectivity index (χ3v) is 9.95. The Kier molecular flexibility index (Phi) is 7.43. The van der Waals surface area contributed by atoms with Crippen LogP contribution < -0.4 is 5.32 Å². The van der Waals surface area contributed by atoms with Crippen molar-refractivity contribution in [3.05, 3.63) is 89.5 Å². The van der Waals surface area contributed by atoms with Crippen molar-refractivity contribution in [1.82, 2.24) is 34.4 Å². The standard InChI is InChI=1S/C29H35N7O3S/c1-33-14-16-34(17-15-33)20-22-10-11-26-23(18-22)6-5-9-27(26)35-21-24(31-32-35)19-28-29(37)30-12-13-36(28)40(38,39)25-7-3-2-4-8-25/h2-4,7-8,10-13,18,21,27-28H,5-6,9,14-17,19-20H2,1H3,(H,30,37)/t27-,28-/m1/s1. The summed E-state index contributed by atoms with van der Waals surface area (Å²) in [4.78, 5) is 17.8. The molecule has 2 atom stereocenters. The summed E-state index contributed by atoms with van der Waals surface area (Å²) in [5.41, 5.74) is 4.54. The normalized spacial score (nSPS) is 22.2. The number of hydrogen-bond donors (Lipinski definition) is 1. The van der Waals surface area contributed by atoms with Gasteiger partial charge in [-0.25, -0.2) is 13.1 Å². The van der Waals surface area contributed by atoms with Crippen molar-refractivity contribution >= 4 is 15.9 Å². The zero-order valence-electron chi connectivity index (χ0n) is 22.7. The summed E-state index contributed by atoms with van der Waals surface area (Å²) in [5.74, 6) is -0.396. The third-order valence-electron chi connectivity index (χ3n) is 8.15. The van der Waals surface area contributed by atoms with E-state index in [0.29, 0.717) is 5.69 Å². The van der Waals surface area contributed by atoms with Crippen LogP contribution in [0.15, 0.2) is 72.0 Å². The molecule has 0 bridgehead atoms. The maximum atomic E-state index is 13.3. The molecule has 2 aliphatic heterocycles. The molecule has 6 rings (SSSR count). The minimum Gasteiger partial charge on any atom is -0.329 e. The first-order valence-corrected chi connectivity index (χ1v) is 15.3. The van der Waals surface area contributed by atoms with Gasteiger partial charge in [0, 0.05) is 57.7 Å². The van der Waals surface area contributed by atoms with Crippen molar-refractivity contribution in [2.75, 3.05) is 33.2 Å². The highest BCUT2D eigenvalue weighted by molar-refractivity contribution is 7.89. The number of carbonyl (C=O) groups excluding carboxylic acids is 1. The monoisotopic (exact) mass is 561 g/mol. The highest BCUT2D eigenvalue weighted by Crippen LogP contribution is 2.33. The van der Waals surface area contributed by atoms with Crippen LogP contribution in [0.3, 0.4) is 0 Å². The number of fused-ring (bicyclic) bond motifs is 1. The van der Waals surface area contributed by atoms with Gasteiger partial charge in [0.05, 0.1) is 16.6 Å². The van der Waals surface area contributed by atoms with Gasteiger partial charge in [-0.05, 0) is 55.1 Å². The van der Waals surface area contributed by atoms with Crippen LogP contribution in [-0.4, -0.2) is 82.7 Å². The molecule has 1 aliphatic carbocycles. The second-order valence-corrected chi connectivity index (χ2v) is 12.7. The van der Waals surface area contributed by atoms with Gasteiger partial charge in [0.1, 0.15) is 6.04 Å². The van der Waals surface area contributed by atoms with E-state index >= 15 is 0 Å². The molecule has 0 spiro atoms. The number of aryl methyl sites for hydroxylation is 1. The lowest BCUT2D eigenvalue weighted by Gasteiger charge is -2.33. The molecule has 11 heteroatoms. The number of benzene rings is 2. The van der Waals surface area contributed by atoms with E-state index in [9.17, 15) is 13.2 Å². The summed E-state index contributed by atoms with van der Waals surface area (Å²) in [6.45, 7) is 5.38. The Morgan fingerprint density at radius 2 is 1.85 bits per heavy atom. The van der Waals surface area contributed by atoms with E-state index in [0.717, 1.165) is 56.3 Å². The first-order valence-electron chi connectivity index (χ1n) is 13.9. The number of amides is 1. The summed E-state index contributed by atoms with van der Waals surface area (Å²) in [5, 5.41) is 11.4. The van der Waals surface area contributed by atoms with Crippen LogP contribution in [0, 0.1) is 0 Å². The van der Waals surface area contributed by atoms with Gasteiger partial charge in [-0.3, -0.25) is 14.0 Å². The minimum absolute atomic E-state index is 0.0620. The third kappa shape index (κ3) is 5.41. The van der Waals surface area contributed by atoms with E-state index in [1.807, 2.05) is 10.9 Å². The Labute approximate surface area is 235 Å². The van der Waals surface area contributed by atoms with Gasteiger partial charge < -0.3 is 10.2 Å². The summed E-state index contributed by atoms with van der Waals surface area (Å²) in [6, 6.07) is 14.1. The van der Waals surface area contributed by atoms with Crippen molar-refractivity contribution in [3.8, 4) is 0 Å². The summed E-state index contributed by atoms with van der Waals surface area (Å²) in [7, 11) is -1.73. The average molecular weight is 562 g/mol. The molecule has 0 unspecified atom stereocenters. The molecule has 1 amide bonds. The number of nitrogens with zero attached hydrogens (tertiary/aromatic N) is 6. The Morgan fingerprint density at radius 3 is 2.65 bits per heavy atom. The Balaban J connectivity index is 1.19. The second-order valence-electron chi connectivity index (χ2n) is 10.9. The predicted octanol–water partition coefficient (Wildman–Crippen LogP) is 2.15. The number of nitrogens with one attached hydrogen (secondary N) is 1. The minimum atomic E-state index is -3.91. The average Bonchev–Trinajstić information content (AvgIpc) is 3.44. The number of sulfonamides is 1. The summed E-state index contributed by atoms with van der Waals surface area (Å²) < 4.78 is 29.7. The Bertz CT molecular complexity index is 1500. The smallest absolute Gasteiger partial charge is 0.264 e. The molecule has 1 saturated heterocycles. The number of likely N-dealkylation sites (N-methyl/N-ethyl adjacent to an activating group) is 1. The molecule has 1 aromatic heterocycles. The lowest BCUT2D eigenvalue weighted by molar-refractivity contribution is -0.124. The molecule has 40 heavy (non-hydrogen) atoms. The van der Waals surface area contributed by atoms with Gasteiger partial charge >= 0.3 is 0 Å². The van der Waals surface area contributed by atoms with Crippen LogP contribution in [-0.2, 0) is 34.2 Å². The van der Waals surface area contributed by atoms with Gasteiger partial charge in [0.25, 0.3) is 10.0 Å². The molecular formula is C29H35N7O3S. The zero-order chi connectivity index (χ0) is 27.7. The SMILES string of the molecule is CN1CCN(Cc2ccc3c(c2)CCC[C@H]3n2cc(C[C@@H]3C(=O)NC=CN3S(=O)(=O)c3ccccc3)nn2)CC1. The fourth-order valence-corrected chi connectivity index (χ4v) is 7.36. The van der Waals surface area contributed by atoms with Gasteiger partial charge in [0.15, 0.2) is 0 Å². The molecule has 3 aliphatic rings. The molecule has 3 aromatic rings. The van der Waals surface area contributed by atoms with E-state index in [1.165, 1.54) is 41.2 Å². The topological polar surface area (TPSA) is 104 Å². The zero-order valence-corrected chi connectivity index (χ0v) is 23.5. The molecule has 10 nitrogen and oxygen atoms in total. The van der Waals surface area contributed by atoms with E-state index < -0.39 is 22.0 Å². The van der Waals surface area contributed by atoms with Gasteiger partial charge in [-0.2, -0.15) is 0 Å². The number of piperazine rings is 1. The molecule has 210 valence electrons. The highest BCUT2D eigenvalue weighted by Gasteiger charge is 2.36. The highest BCUT2D eigenvalue weighted by atomic mass is 32.2. The largest absolute Gasteiger partial charge is 0.329 e. The first-order chi connectivity index (χ1) is 19.4. The van der Waals surface area contributed by atoms with Crippen molar-refractivity contribution < 1.29 is 13.2 Å². The van der Waals surface area contributed by atoms with Gasteiger partial charge in [-0.15, -0.1) is 5.10 Å². The number of rotatable bonds is 7. The van der Waals surface area contributed by atoms with Crippen LogP contribution >= 0.6 is 0 Å². The fraction of sp³-hybridized carbons (Fsp3) is 0.414. The van der Waals surface area contributed by atoms with Crippen LogP contribution in [0.1, 0.15) is 41.3 Å².